The molecule has 0 saturated heterocycles. The van der Waals surface area contributed by atoms with Crippen molar-refractivity contribution in [1.29, 1.82) is 0 Å². The molecule has 0 aromatic heterocycles. The Balaban J connectivity index is 2.49. The molecule has 0 bridgehead atoms. The summed E-state index contributed by atoms with van der Waals surface area (Å²) in [6.07, 6.45) is 2.50. The minimum absolute atomic E-state index is 0.0489. The summed E-state index contributed by atoms with van der Waals surface area (Å²) in [6.45, 7) is 1.59. The summed E-state index contributed by atoms with van der Waals surface area (Å²) in [4.78, 5) is 0. The molecule has 1 aliphatic rings. The van der Waals surface area contributed by atoms with Crippen molar-refractivity contribution in [2.75, 3.05) is 11.5 Å². The Morgan fingerprint density at radius 1 is 1.53 bits per heavy atom. The van der Waals surface area contributed by atoms with Gasteiger partial charge in [0.2, 0.25) is 0 Å². The third-order valence-electron chi connectivity index (χ3n) is 3.13. The third kappa shape index (κ3) is 4.07. The van der Waals surface area contributed by atoms with Crippen LogP contribution in [0.1, 0.15) is 39.0 Å². The SMILES string of the molecule is CCS(=O)(=O)CCC1(F)CCCC(N)C1. The monoisotopic (exact) mass is 237 g/mol. The lowest BCUT2D eigenvalue weighted by atomic mass is 9.82. The first-order valence-electron chi connectivity index (χ1n) is 5.52. The molecule has 2 N–H and O–H groups in total. The van der Waals surface area contributed by atoms with Crippen LogP contribution in [0, 0.1) is 0 Å². The second-order valence-electron chi connectivity index (χ2n) is 4.49. The lowest BCUT2D eigenvalue weighted by molar-refractivity contribution is 0.0926. The summed E-state index contributed by atoms with van der Waals surface area (Å²) in [7, 11) is -3.06. The predicted octanol–water partition coefficient (Wildman–Crippen LogP) is 1.42. The zero-order chi connectivity index (χ0) is 11.5. The molecule has 2 atom stereocenters. The summed E-state index contributed by atoms with van der Waals surface area (Å²) in [5, 5.41) is 0. The van der Waals surface area contributed by atoms with Crippen LogP contribution in [0.15, 0.2) is 0 Å². The van der Waals surface area contributed by atoms with Gasteiger partial charge in [0.25, 0.3) is 0 Å². The van der Waals surface area contributed by atoms with E-state index < -0.39 is 15.5 Å². The summed E-state index contributed by atoms with van der Waals surface area (Å²) >= 11 is 0. The van der Waals surface area contributed by atoms with Crippen molar-refractivity contribution < 1.29 is 12.8 Å². The number of sulfone groups is 1. The van der Waals surface area contributed by atoms with Gasteiger partial charge in [0.1, 0.15) is 15.5 Å². The fraction of sp³-hybridized carbons (Fsp3) is 1.00. The van der Waals surface area contributed by atoms with Gasteiger partial charge in [-0.1, -0.05) is 6.92 Å². The van der Waals surface area contributed by atoms with Gasteiger partial charge in [0.15, 0.2) is 0 Å². The van der Waals surface area contributed by atoms with Crippen molar-refractivity contribution in [3.8, 4) is 0 Å². The Morgan fingerprint density at radius 3 is 2.73 bits per heavy atom. The van der Waals surface area contributed by atoms with Gasteiger partial charge in [-0.2, -0.15) is 0 Å². The van der Waals surface area contributed by atoms with E-state index in [-0.39, 0.29) is 24.0 Å². The highest BCUT2D eigenvalue weighted by atomic mass is 32.2. The molecule has 0 aliphatic heterocycles. The summed E-state index contributed by atoms with van der Waals surface area (Å²) in [5.41, 5.74) is 4.35. The molecule has 15 heavy (non-hydrogen) atoms. The van der Waals surface area contributed by atoms with Gasteiger partial charge in [-0.3, -0.25) is 0 Å². The molecule has 1 aliphatic carbocycles. The maximum absolute atomic E-state index is 14.1. The van der Waals surface area contributed by atoms with Crippen molar-refractivity contribution >= 4 is 9.84 Å². The van der Waals surface area contributed by atoms with Crippen LogP contribution in [0.5, 0.6) is 0 Å². The van der Waals surface area contributed by atoms with E-state index in [1.807, 2.05) is 0 Å². The molecule has 1 rings (SSSR count). The Bertz CT molecular complexity index is 305. The van der Waals surface area contributed by atoms with Gasteiger partial charge in [-0.05, 0) is 32.1 Å². The maximum Gasteiger partial charge on any atom is 0.150 e. The zero-order valence-corrected chi connectivity index (χ0v) is 10.0. The highest BCUT2D eigenvalue weighted by molar-refractivity contribution is 7.91. The molecule has 90 valence electrons. The minimum atomic E-state index is -3.06. The molecule has 0 spiro atoms. The van der Waals surface area contributed by atoms with Crippen molar-refractivity contribution in [2.45, 2.75) is 50.7 Å². The second-order valence-corrected chi connectivity index (χ2v) is 6.97. The molecule has 2 unspecified atom stereocenters. The first-order valence-corrected chi connectivity index (χ1v) is 7.34. The molecular formula is C10H20FNO2S. The third-order valence-corrected chi connectivity index (χ3v) is 4.83. The molecule has 3 nitrogen and oxygen atoms in total. The van der Waals surface area contributed by atoms with Gasteiger partial charge in [-0.25, -0.2) is 12.8 Å². The Kier molecular flexibility index (Phi) is 4.12. The van der Waals surface area contributed by atoms with E-state index in [2.05, 4.69) is 0 Å². The Morgan fingerprint density at radius 2 is 2.20 bits per heavy atom. The number of alkyl halides is 1. The average Bonchev–Trinajstić information content (AvgIpc) is 2.15. The van der Waals surface area contributed by atoms with Crippen molar-refractivity contribution in [1.82, 2.24) is 0 Å². The molecule has 0 aromatic rings. The fourth-order valence-corrected chi connectivity index (χ4v) is 3.03. The highest BCUT2D eigenvalue weighted by Gasteiger charge is 2.35. The van der Waals surface area contributed by atoms with Crippen LogP contribution < -0.4 is 5.73 Å². The van der Waals surface area contributed by atoms with E-state index in [0.717, 1.165) is 12.8 Å². The maximum atomic E-state index is 14.1. The van der Waals surface area contributed by atoms with Gasteiger partial charge < -0.3 is 5.73 Å². The van der Waals surface area contributed by atoms with Crippen LogP contribution in [-0.4, -0.2) is 31.6 Å². The van der Waals surface area contributed by atoms with Crippen LogP contribution in [0.4, 0.5) is 4.39 Å². The van der Waals surface area contributed by atoms with Crippen molar-refractivity contribution in [2.24, 2.45) is 5.73 Å². The predicted molar refractivity (Wildman–Crippen MR) is 59.2 cm³/mol. The van der Waals surface area contributed by atoms with Crippen molar-refractivity contribution in [3.05, 3.63) is 0 Å². The normalized spacial score (nSPS) is 32.9. The van der Waals surface area contributed by atoms with E-state index in [1.54, 1.807) is 6.92 Å². The fourth-order valence-electron chi connectivity index (χ4n) is 2.06. The van der Waals surface area contributed by atoms with E-state index in [1.165, 1.54) is 0 Å². The Labute approximate surface area is 91.1 Å². The van der Waals surface area contributed by atoms with Crippen LogP contribution in [0.3, 0.4) is 0 Å². The van der Waals surface area contributed by atoms with Crippen LogP contribution in [0.25, 0.3) is 0 Å². The second kappa shape index (κ2) is 4.78. The van der Waals surface area contributed by atoms with E-state index in [4.69, 9.17) is 5.73 Å². The number of halogens is 1. The molecule has 0 radical (unpaired) electrons. The van der Waals surface area contributed by atoms with Gasteiger partial charge in [0, 0.05) is 11.8 Å². The van der Waals surface area contributed by atoms with Crippen LogP contribution >= 0.6 is 0 Å². The number of hydrogen-bond donors (Lipinski definition) is 1. The van der Waals surface area contributed by atoms with E-state index in [0.29, 0.717) is 12.8 Å². The number of rotatable bonds is 4. The van der Waals surface area contributed by atoms with Crippen LogP contribution in [0.2, 0.25) is 0 Å². The average molecular weight is 237 g/mol. The standard InChI is InChI=1S/C10H20FNO2S/c1-2-15(13,14)7-6-10(11)5-3-4-9(12)8-10/h9H,2-8,12H2,1H3. The Hall–Kier alpha value is -0.160. The lowest BCUT2D eigenvalue weighted by Gasteiger charge is -2.32. The van der Waals surface area contributed by atoms with Gasteiger partial charge in [0.05, 0.1) is 5.75 Å². The lowest BCUT2D eigenvalue weighted by Crippen LogP contribution is -2.39. The largest absolute Gasteiger partial charge is 0.328 e. The smallest absolute Gasteiger partial charge is 0.150 e. The van der Waals surface area contributed by atoms with E-state index >= 15 is 0 Å². The van der Waals surface area contributed by atoms with Crippen molar-refractivity contribution in [3.63, 3.8) is 0 Å². The van der Waals surface area contributed by atoms with Gasteiger partial charge in [-0.15, -0.1) is 0 Å². The molecule has 0 heterocycles. The quantitative estimate of drug-likeness (QED) is 0.804. The molecule has 5 heteroatoms. The number of hydrogen-bond acceptors (Lipinski definition) is 3. The van der Waals surface area contributed by atoms with E-state index in [9.17, 15) is 12.8 Å². The van der Waals surface area contributed by atoms with Crippen LogP contribution in [-0.2, 0) is 9.84 Å². The summed E-state index contributed by atoms with van der Waals surface area (Å²) < 4.78 is 36.7. The first kappa shape index (κ1) is 12.9. The molecule has 0 aromatic carbocycles. The zero-order valence-electron chi connectivity index (χ0n) is 9.21. The summed E-state index contributed by atoms with van der Waals surface area (Å²) in [5.74, 6) is 0.0435. The first-order chi connectivity index (χ1) is 6.87. The molecule has 0 amide bonds. The van der Waals surface area contributed by atoms with Gasteiger partial charge >= 0.3 is 0 Å². The number of nitrogens with two attached hydrogens (primary N) is 1. The molecular weight excluding hydrogens is 217 g/mol. The highest BCUT2D eigenvalue weighted by Crippen LogP contribution is 2.34. The minimum Gasteiger partial charge on any atom is -0.328 e. The molecule has 1 fully saturated rings. The molecule has 1 saturated carbocycles. The summed E-state index contributed by atoms with van der Waals surface area (Å²) in [6, 6.07) is -0.104. The topological polar surface area (TPSA) is 60.2 Å².